The van der Waals surface area contributed by atoms with Crippen LogP contribution in [-0.4, -0.2) is 15.9 Å². The van der Waals surface area contributed by atoms with E-state index in [1.807, 2.05) is 18.2 Å². The zero-order valence-corrected chi connectivity index (χ0v) is 15.2. The van der Waals surface area contributed by atoms with Crippen LogP contribution >= 0.6 is 0 Å². The number of amides is 1. The smallest absolute Gasteiger partial charge is 0.364 e. The van der Waals surface area contributed by atoms with E-state index in [1.165, 1.54) is 23.8 Å². The quantitative estimate of drug-likeness (QED) is 0.684. The Morgan fingerprint density at radius 3 is 2.48 bits per heavy atom. The van der Waals surface area contributed by atoms with Crippen molar-refractivity contribution in [3.8, 4) is 11.3 Å². The highest BCUT2D eigenvalue weighted by Crippen LogP contribution is 2.34. The first kappa shape index (κ1) is 18.9. The number of carbonyl (C=O) groups excluding carboxylic acids is 1. The van der Waals surface area contributed by atoms with E-state index < -0.39 is 17.6 Å². The second kappa shape index (κ2) is 7.20. The summed E-state index contributed by atoms with van der Waals surface area (Å²) in [6.45, 7) is 0. The number of benzene rings is 2. The molecule has 5 nitrogen and oxygen atoms in total. The van der Waals surface area contributed by atoms with Gasteiger partial charge in [0.1, 0.15) is 5.69 Å². The van der Waals surface area contributed by atoms with Gasteiger partial charge in [0.15, 0.2) is 0 Å². The number of nitrogens with two attached hydrogens (primary N) is 1. The fraction of sp³-hybridized carbons (Fsp3) is 0.190. The van der Waals surface area contributed by atoms with Gasteiger partial charge in [-0.05, 0) is 42.2 Å². The Labute approximate surface area is 164 Å². The predicted molar refractivity (Wildman–Crippen MR) is 102 cm³/mol. The molecular formula is C21H17F3N4O. The molecular weight excluding hydrogens is 381 g/mol. The topological polar surface area (TPSA) is 80.9 Å². The molecule has 0 saturated carbocycles. The molecule has 3 N–H and O–H groups in total. The fourth-order valence-corrected chi connectivity index (χ4v) is 3.48. The molecule has 3 aromatic rings. The summed E-state index contributed by atoms with van der Waals surface area (Å²) in [6, 6.07) is 13.9. The Morgan fingerprint density at radius 2 is 1.79 bits per heavy atom. The number of primary amides is 1. The Kier molecular flexibility index (Phi) is 4.70. The summed E-state index contributed by atoms with van der Waals surface area (Å²) >= 11 is 0. The van der Waals surface area contributed by atoms with Crippen molar-refractivity contribution >= 4 is 11.9 Å². The van der Waals surface area contributed by atoms with Gasteiger partial charge in [-0.1, -0.05) is 36.4 Å². The number of hydrogen-bond acceptors (Lipinski definition) is 4. The van der Waals surface area contributed by atoms with Gasteiger partial charge < -0.3 is 11.1 Å². The molecule has 1 aliphatic carbocycles. The van der Waals surface area contributed by atoms with Crippen LogP contribution in [0.5, 0.6) is 0 Å². The SMILES string of the molecule is NC(=O)c1cc(-c2ccc(C(F)(F)F)cc2)nc(NC2CCc3ccccc32)n1. The normalized spacial score (nSPS) is 15.8. The summed E-state index contributed by atoms with van der Waals surface area (Å²) in [6.07, 6.45) is -2.67. The Morgan fingerprint density at radius 1 is 1.07 bits per heavy atom. The average Bonchev–Trinajstić information content (AvgIpc) is 3.10. The third kappa shape index (κ3) is 3.91. The maximum atomic E-state index is 12.8. The van der Waals surface area contributed by atoms with Gasteiger partial charge in [0.05, 0.1) is 17.3 Å². The molecule has 0 bridgehead atoms. The number of halogens is 3. The largest absolute Gasteiger partial charge is 0.416 e. The molecule has 1 atom stereocenters. The molecule has 29 heavy (non-hydrogen) atoms. The summed E-state index contributed by atoms with van der Waals surface area (Å²) in [5.74, 6) is -0.534. The van der Waals surface area contributed by atoms with Crippen LogP contribution in [0.25, 0.3) is 11.3 Å². The zero-order chi connectivity index (χ0) is 20.6. The van der Waals surface area contributed by atoms with Crippen LogP contribution in [0.2, 0.25) is 0 Å². The molecule has 1 heterocycles. The summed E-state index contributed by atoms with van der Waals surface area (Å²) in [7, 11) is 0. The molecule has 0 saturated heterocycles. The van der Waals surface area contributed by atoms with Crippen molar-refractivity contribution in [2.24, 2.45) is 5.73 Å². The van der Waals surface area contributed by atoms with E-state index in [0.29, 0.717) is 11.3 Å². The van der Waals surface area contributed by atoms with Crippen LogP contribution < -0.4 is 11.1 Å². The van der Waals surface area contributed by atoms with E-state index in [-0.39, 0.29) is 17.7 Å². The number of anilines is 1. The van der Waals surface area contributed by atoms with Gasteiger partial charge in [0, 0.05) is 5.56 Å². The van der Waals surface area contributed by atoms with E-state index >= 15 is 0 Å². The molecule has 1 aromatic heterocycles. The molecule has 1 unspecified atom stereocenters. The van der Waals surface area contributed by atoms with Gasteiger partial charge in [-0.15, -0.1) is 0 Å². The van der Waals surface area contributed by atoms with Crippen molar-refractivity contribution in [3.63, 3.8) is 0 Å². The number of nitrogens with one attached hydrogen (secondary N) is 1. The van der Waals surface area contributed by atoms with Crippen molar-refractivity contribution in [2.75, 3.05) is 5.32 Å². The maximum Gasteiger partial charge on any atom is 0.416 e. The fourth-order valence-electron chi connectivity index (χ4n) is 3.48. The number of fused-ring (bicyclic) bond motifs is 1. The highest BCUT2D eigenvalue weighted by Gasteiger charge is 2.30. The minimum Gasteiger partial charge on any atom is -0.364 e. The summed E-state index contributed by atoms with van der Waals surface area (Å²) < 4.78 is 38.4. The standard InChI is InChI=1S/C21H17F3N4O/c22-21(23,24)14-8-5-13(6-9-14)17-11-18(19(25)29)28-20(27-17)26-16-10-7-12-3-1-2-4-15(12)16/h1-6,8-9,11,16H,7,10H2,(H2,25,29)(H,26,27,28). The van der Waals surface area contributed by atoms with E-state index in [9.17, 15) is 18.0 Å². The van der Waals surface area contributed by atoms with Gasteiger partial charge >= 0.3 is 6.18 Å². The average molecular weight is 398 g/mol. The number of nitrogens with zero attached hydrogens (tertiary/aromatic N) is 2. The Hall–Kier alpha value is -3.42. The molecule has 2 aromatic carbocycles. The number of hydrogen-bond donors (Lipinski definition) is 2. The van der Waals surface area contributed by atoms with Gasteiger partial charge in [-0.25, -0.2) is 9.97 Å². The molecule has 0 fully saturated rings. The van der Waals surface area contributed by atoms with Crippen molar-refractivity contribution in [2.45, 2.75) is 25.1 Å². The van der Waals surface area contributed by atoms with Crippen molar-refractivity contribution in [1.29, 1.82) is 0 Å². The molecule has 0 spiro atoms. The minimum atomic E-state index is -4.43. The first-order valence-electron chi connectivity index (χ1n) is 9.02. The maximum absolute atomic E-state index is 12.8. The number of carbonyl (C=O) groups is 1. The van der Waals surface area contributed by atoms with E-state index in [0.717, 1.165) is 30.5 Å². The second-order valence-electron chi connectivity index (χ2n) is 6.84. The lowest BCUT2D eigenvalue weighted by Gasteiger charge is -2.15. The lowest BCUT2D eigenvalue weighted by atomic mass is 10.1. The third-order valence-corrected chi connectivity index (χ3v) is 4.92. The van der Waals surface area contributed by atoms with Gasteiger partial charge in [-0.3, -0.25) is 4.79 Å². The lowest BCUT2D eigenvalue weighted by Crippen LogP contribution is -2.17. The van der Waals surface area contributed by atoms with E-state index in [2.05, 4.69) is 21.4 Å². The number of rotatable bonds is 4. The zero-order valence-electron chi connectivity index (χ0n) is 15.2. The van der Waals surface area contributed by atoms with E-state index in [4.69, 9.17) is 5.73 Å². The Bertz CT molecular complexity index is 1060. The number of aromatic nitrogens is 2. The van der Waals surface area contributed by atoms with Crippen molar-refractivity contribution in [3.05, 3.63) is 77.0 Å². The summed E-state index contributed by atoms with van der Waals surface area (Å²) in [5, 5.41) is 3.23. The first-order chi connectivity index (χ1) is 13.8. The van der Waals surface area contributed by atoms with Crippen molar-refractivity contribution in [1.82, 2.24) is 9.97 Å². The first-order valence-corrected chi connectivity index (χ1v) is 9.02. The second-order valence-corrected chi connectivity index (χ2v) is 6.84. The monoisotopic (exact) mass is 398 g/mol. The van der Waals surface area contributed by atoms with Gasteiger partial charge in [0.2, 0.25) is 5.95 Å². The van der Waals surface area contributed by atoms with Crippen LogP contribution in [0.1, 0.15) is 39.6 Å². The van der Waals surface area contributed by atoms with Crippen LogP contribution in [0.3, 0.4) is 0 Å². The number of aryl methyl sites for hydroxylation is 1. The van der Waals surface area contributed by atoms with Crippen LogP contribution in [0.4, 0.5) is 19.1 Å². The lowest BCUT2D eigenvalue weighted by molar-refractivity contribution is -0.137. The van der Waals surface area contributed by atoms with Crippen molar-refractivity contribution < 1.29 is 18.0 Å². The summed E-state index contributed by atoms with van der Waals surface area (Å²) in [5.41, 5.74) is 7.74. The number of alkyl halides is 3. The molecule has 1 aliphatic rings. The molecule has 148 valence electrons. The van der Waals surface area contributed by atoms with Crippen LogP contribution in [0.15, 0.2) is 54.6 Å². The molecule has 0 radical (unpaired) electrons. The minimum absolute atomic E-state index is 0.0105. The molecule has 0 aliphatic heterocycles. The highest BCUT2D eigenvalue weighted by atomic mass is 19.4. The van der Waals surface area contributed by atoms with Crippen LogP contribution in [0, 0.1) is 0 Å². The predicted octanol–water partition coefficient (Wildman–Crippen LogP) is 4.36. The van der Waals surface area contributed by atoms with E-state index in [1.54, 1.807) is 0 Å². The Balaban J connectivity index is 1.67. The van der Waals surface area contributed by atoms with Gasteiger partial charge in [-0.2, -0.15) is 13.2 Å². The highest BCUT2D eigenvalue weighted by molar-refractivity contribution is 5.92. The molecule has 1 amide bonds. The molecule has 8 heteroatoms. The van der Waals surface area contributed by atoms with Gasteiger partial charge in [0.25, 0.3) is 5.91 Å². The third-order valence-electron chi connectivity index (χ3n) is 4.92. The van der Waals surface area contributed by atoms with Crippen LogP contribution in [-0.2, 0) is 12.6 Å². The molecule has 4 rings (SSSR count). The summed E-state index contributed by atoms with van der Waals surface area (Å²) in [4.78, 5) is 20.3.